The molecular weight excluding hydrogens is 1060 g/mol. The summed E-state index contributed by atoms with van der Waals surface area (Å²) < 4.78 is 92.8. The van der Waals surface area contributed by atoms with Gasteiger partial charge in [0.25, 0.3) is 22.5 Å². The zero-order valence-corrected chi connectivity index (χ0v) is 41.9. The summed E-state index contributed by atoms with van der Waals surface area (Å²) >= 11 is 2.03. The number of fused-ring (bicyclic) bond motifs is 2. The summed E-state index contributed by atoms with van der Waals surface area (Å²) in [7, 11) is 0. The Bertz CT molecular complexity index is 2920. The minimum atomic E-state index is -2.49. The first-order chi connectivity index (χ1) is 33.2. The fraction of sp³-hybridized carbons (Fsp3) is 0.265. The number of rotatable bonds is 17. The number of benzene rings is 4. The van der Waals surface area contributed by atoms with E-state index in [0.29, 0.717) is 99.2 Å². The maximum atomic E-state index is 13.4. The lowest BCUT2D eigenvalue weighted by molar-refractivity contribution is -0.162. The molecular formula is C49H45Br2FN4O11S2. The van der Waals surface area contributed by atoms with Gasteiger partial charge in [0.05, 0.1) is 44.8 Å². The normalized spacial score (nSPS) is 16.1. The number of hydrogen-bond acceptors (Lipinski definition) is 11. The number of carbonyl (C=O) groups excluding carboxylic acids is 2. The van der Waals surface area contributed by atoms with Gasteiger partial charge in [-0.05, 0) is 165 Å². The van der Waals surface area contributed by atoms with Gasteiger partial charge in [0.1, 0.15) is 28.8 Å². The maximum absolute atomic E-state index is 13.4. The van der Waals surface area contributed by atoms with Gasteiger partial charge in [-0.2, -0.15) is 0 Å². The third-order valence-electron chi connectivity index (χ3n) is 11.5. The molecule has 69 heavy (non-hydrogen) atoms. The van der Waals surface area contributed by atoms with Crippen molar-refractivity contribution in [2.75, 3.05) is 21.8 Å². The van der Waals surface area contributed by atoms with Gasteiger partial charge in [-0.1, -0.05) is 50.2 Å². The van der Waals surface area contributed by atoms with Crippen molar-refractivity contribution in [2.45, 2.75) is 70.4 Å². The number of aromatic nitrogens is 2. The smallest absolute Gasteiger partial charge is 0.351 e. The first-order valence-corrected chi connectivity index (χ1v) is 25.5. The third kappa shape index (κ3) is 11.8. The molecule has 2 aliphatic rings. The number of halogens is 3. The van der Waals surface area contributed by atoms with Crippen LogP contribution in [0.25, 0.3) is 0 Å². The van der Waals surface area contributed by atoms with Crippen LogP contribution in [-0.2, 0) is 49.7 Å². The summed E-state index contributed by atoms with van der Waals surface area (Å²) in [5.74, 6) is 0.129. The minimum absolute atomic E-state index is 0.171. The Kier molecular flexibility index (Phi) is 16.1. The molecule has 4 aromatic carbocycles. The number of anilines is 2. The molecule has 0 amide bonds. The van der Waals surface area contributed by atoms with Crippen molar-refractivity contribution < 1.29 is 55.2 Å². The summed E-state index contributed by atoms with van der Waals surface area (Å²) in [6.45, 7) is 2.98. The number of hydrogen-bond donors (Lipinski definition) is 2. The van der Waals surface area contributed by atoms with E-state index in [2.05, 4.69) is 55.7 Å². The highest BCUT2D eigenvalue weighted by Gasteiger charge is 2.34. The molecule has 0 spiro atoms. The van der Waals surface area contributed by atoms with Gasteiger partial charge in [0.2, 0.25) is 11.8 Å². The molecule has 6 aromatic rings. The van der Waals surface area contributed by atoms with E-state index in [1.807, 2.05) is 36.4 Å². The van der Waals surface area contributed by atoms with Gasteiger partial charge in [-0.3, -0.25) is 17.7 Å². The monoisotopic (exact) mass is 1110 g/mol. The van der Waals surface area contributed by atoms with Crippen molar-refractivity contribution in [3.8, 4) is 34.8 Å². The average Bonchev–Trinajstić information content (AvgIpc) is 3.32. The molecule has 15 nitrogen and oxygen atoms in total. The van der Waals surface area contributed by atoms with Gasteiger partial charge in [0.15, 0.2) is 13.2 Å². The lowest BCUT2D eigenvalue weighted by Crippen LogP contribution is -2.33. The van der Waals surface area contributed by atoms with Gasteiger partial charge >= 0.3 is 11.9 Å². The van der Waals surface area contributed by atoms with E-state index >= 15 is 0 Å². The number of ether oxygens (including phenoxy) is 5. The largest absolute Gasteiger partial charge is 0.482 e. The topological polar surface area (TPSA) is 187 Å². The van der Waals surface area contributed by atoms with E-state index in [-0.39, 0.29) is 5.88 Å². The van der Waals surface area contributed by atoms with Crippen LogP contribution >= 0.6 is 31.9 Å². The standard InChI is InChI=1S/C49H45Br2FN4O11S2/c1-29(2)30-8-3-9-35(22-30)66-49-41(51)24-33(26-54-49)56(69(61)62)43-15-5-13-39-37(43)11-7-17-45(39)64-28-47(58)67-46(57)27-63-44-16-6-10-36-38(44)12-4-14-42(36)55(68(59)60)32-23-40(50)48(53-25-32)65-34-20-18-31(52)19-21-34/h3,6-11,16-26,29,42-43H,4-5,12-15,27-28H2,1-2H3,(H,59,60)(H,61,62). The Labute approximate surface area is 419 Å². The maximum Gasteiger partial charge on any atom is 0.351 e. The van der Waals surface area contributed by atoms with Crippen LogP contribution < -0.4 is 27.6 Å². The molecule has 0 radical (unpaired) electrons. The number of nitrogens with zero attached hydrogens (tertiary/aromatic N) is 4. The quantitative estimate of drug-likeness (QED) is 0.0499. The van der Waals surface area contributed by atoms with E-state index in [9.17, 15) is 31.5 Å². The molecule has 20 heteroatoms. The second kappa shape index (κ2) is 22.3. The van der Waals surface area contributed by atoms with Crippen LogP contribution in [0.1, 0.15) is 85.3 Å². The fourth-order valence-corrected chi connectivity index (χ4v) is 10.7. The molecule has 2 aromatic heterocycles. The summed E-state index contributed by atoms with van der Waals surface area (Å²) in [5, 5.41) is 0. The Morgan fingerprint density at radius 3 is 1.64 bits per heavy atom. The highest BCUT2D eigenvalue weighted by Crippen LogP contribution is 2.44. The van der Waals surface area contributed by atoms with Crippen LogP contribution in [0.3, 0.4) is 0 Å². The number of carbonyl (C=O) groups is 2. The Balaban J connectivity index is 0.889. The van der Waals surface area contributed by atoms with E-state index < -0.39 is 65.6 Å². The van der Waals surface area contributed by atoms with E-state index in [0.717, 1.165) is 22.3 Å². The van der Waals surface area contributed by atoms with E-state index in [1.54, 1.807) is 36.4 Å². The first kappa shape index (κ1) is 49.6. The van der Waals surface area contributed by atoms with Crippen molar-refractivity contribution in [2.24, 2.45) is 0 Å². The number of esters is 2. The SMILES string of the molecule is CC(C)c1cccc(Oc2ncc(N(C3CCCc4c(OCC(=O)OC(=O)COc5cccc6c5CCCC6N(c5cnc(Oc6ccc(F)cc6)c(Br)c5)S(=O)O)cccc43)S(=O)O)cc2Br)c1. The summed E-state index contributed by atoms with van der Waals surface area (Å²) in [6, 6.07) is 25.7. The lowest BCUT2D eigenvalue weighted by atomic mass is 9.87. The number of pyridine rings is 2. The highest BCUT2D eigenvalue weighted by molar-refractivity contribution is 9.11. The molecule has 8 rings (SSSR count). The van der Waals surface area contributed by atoms with E-state index in [4.69, 9.17) is 23.7 Å². The van der Waals surface area contributed by atoms with Gasteiger partial charge in [-0.15, -0.1) is 0 Å². The average molecular weight is 1110 g/mol. The zero-order chi connectivity index (χ0) is 48.8. The van der Waals surface area contributed by atoms with Gasteiger partial charge < -0.3 is 23.7 Å². The summed E-state index contributed by atoms with van der Waals surface area (Å²) in [6.07, 6.45) is 6.35. The second-order valence-electron chi connectivity index (χ2n) is 16.3. The Morgan fingerprint density at radius 1 is 0.696 bits per heavy atom. The molecule has 4 unspecified atom stereocenters. The van der Waals surface area contributed by atoms with Crippen molar-refractivity contribution in [3.63, 3.8) is 0 Å². The molecule has 2 heterocycles. The van der Waals surface area contributed by atoms with Gasteiger partial charge in [-0.25, -0.2) is 32.4 Å². The molecule has 0 aliphatic heterocycles. The van der Waals surface area contributed by atoms with Crippen molar-refractivity contribution in [1.82, 2.24) is 9.97 Å². The minimum Gasteiger partial charge on any atom is -0.482 e. The first-order valence-electron chi connectivity index (χ1n) is 21.8. The predicted octanol–water partition coefficient (Wildman–Crippen LogP) is 11.4. The van der Waals surface area contributed by atoms with Crippen molar-refractivity contribution >= 4 is 77.7 Å². The molecule has 360 valence electrons. The zero-order valence-electron chi connectivity index (χ0n) is 37.1. The van der Waals surface area contributed by atoms with Crippen LogP contribution in [0.4, 0.5) is 15.8 Å². The third-order valence-corrected chi connectivity index (χ3v) is 14.3. The molecule has 0 fully saturated rings. The Morgan fingerprint density at radius 2 is 1.17 bits per heavy atom. The van der Waals surface area contributed by atoms with Crippen LogP contribution in [0.2, 0.25) is 0 Å². The van der Waals surface area contributed by atoms with Crippen molar-refractivity contribution in [3.05, 3.63) is 152 Å². The summed E-state index contributed by atoms with van der Waals surface area (Å²) in [5.41, 5.74) is 4.72. The highest BCUT2D eigenvalue weighted by atomic mass is 79.9. The van der Waals surface area contributed by atoms with Crippen molar-refractivity contribution in [1.29, 1.82) is 0 Å². The Hall–Kier alpha value is -5.77. The van der Waals surface area contributed by atoms with Gasteiger partial charge in [0, 0.05) is 0 Å². The van der Waals surface area contributed by atoms with Crippen LogP contribution in [-0.4, -0.2) is 52.6 Å². The van der Waals surface area contributed by atoms with Crippen LogP contribution in [0, 0.1) is 5.82 Å². The molecule has 0 saturated carbocycles. The molecule has 2 aliphatic carbocycles. The molecule has 4 atom stereocenters. The van der Waals surface area contributed by atoms with E-state index in [1.165, 1.54) is 45.3 Å². The second-order valence-corrected chi connectivity index (χ2v) is 19.8. The molecule has 0 bridgehead atoms. The lowest BCUT2D eigenvalue weighted by Gasteiger charge is -2.35. The fourth-order valence-electron chi connectivity index (χ4n) is 8.44. The van der Waals surface area contributed by atoms with Crippen LogP contribution in [0.15, 0.2) is 118 Å². The molecule has 0 saturated heterocycles. The predicted molar refractivity (Wildman–Crippen MR) is 264 cm³/mol. The summed E-state index contributed by atoms with van der Waals surface area (Å²) in [4.78, 5) is 34.7. The van der Waals surface area contributed by atoms with Crippen LogP contribution in [0.5, 0.6) is 34.8 Å². The molecule has 2 N–H and O–H groups in total.